The van der Waals surface area contributed by atoms with Gasteiger partial charge < -0.3 is 21.1 Å². The number of primary amides is 1. The quantitative estimate of drug-likeness (QED) is 0.246. The molecule has 3 heterocycles. The summed E-state index contributed by atoms with van der Waals surface area (Å²) in [5, 5.41) is 30.8. The number of rotatable bonds is 6. The number of anilines is 1. The van der Waals surface area contributed by atoms with E-state index in [1.54, 1.807) is 36.4 Å². The highest BCUT2D eigenvalue weighted by Gasteiger charge is 2.21. The van der Waals surface area contributed by atoms with Crippen LogP contribution in [0.4, 0.5) is 5.82 Å². The van der Waals surface area contributed by atoms with Crippen LogP contribution in [0, 0.1) is 0 Å². The van der Waals surface area contributed by atoms with E-state index in [0.717, 1.165) is 54.7 Å². The van der Waals surface area contributed by atoms with Crippen molar-refractivity contribution in [2.75, 3.05) is 5.32 Å². The van der Waals surface area contributed by atoms with Gasteiger partial charge in [-0.2, -0.15) is 0 Å². The average molecular weight is 457 g/mol. The van der Waals surface area contributed by atoms with Crippen molar-refractivity contribution in [2.24, 2.45) is 5.73 Å². The molecule has 172 valence electrons. The van der Waals surface area contributed by atoms with Gasteiger partial charge >= 0.3 is 7.12 Å². The van der Waals surface area contributed by atoms with Gasteiger partial charge in [-0.05, 0) is 48.8 Å². The fraction of sp³-hybridized carbons (Fsp3) is 0.261. The van der Waals surface area contributed by atoms with Crippen LogP contribution in [-0.2, 0) is 19.4 Å². The van der Waals surface area contributed by atoms with Crippen molar-refractivity contribution in [1.29, 1.82) is 0 Å². The molecule has 5 rings (SSSR count). The van der Waals surface area contributed by atoms with Crippen LogP contribution in [-0.4, -0.2) is 47.9 Å². The molecule has 11 heteroatoms. The number of hydrogen-bond donors (Lipinski definition) is 4. The summed E-state index contributed by atoms with van der Waals surface area (Å²) in [4.78, 5) is 21.5. The first-order valence-corrected chi connectivity index (χ1v) is 11.2. The molecule has 0 spiro atoms. The van der Waals surface area contributed by atoms with Gasteiger partial charge in [0.05, 0.1) is 5.52 Å². The van der Waals surface area contributed by atoms with E-state index < -0.39 is 13.0 Å². The van der Waals surface area contributed by atoms with Crippen molar-refractivity contribution in [2.45, 2.75) is 38.6 Å². The zero-order valence-corrected chi connectivity index (χ0v) is 18.5. The molecule has 0 bridgehead atoms. The summed E-state index contributed by atoms with van der Waals surface area (Å²) in [6.07, 6.45) is 4.96. The van der Waals surface area contributed by atoms with E-state index in [9.17, 15) is 14.8 Å². The maximum absolute atomic E-state index is 11.8. The maximum Gasteiger partial charge on any atom is 0.488 e. The first-order chi connectivity index (χ1) is 16.5. The van der Waals surface area contributed by atoms with Gasteiger partial charge in [-0.3, -0.25) is 4.79 Å². The summed E-state index contributed by atoms with van der Waals surface area (Å²) in [6, 6.07) is 12.2. The Morgan fingerprint density at radius 2 is 1.91 bits per heavy atom. The molecule has 0 fully saturated rings. The van der Waals surface area contributed by atoms with Gasteiger partial charge in [0.15, 0.2) is 11.5 Å². The third-order valence-electron chi connectivity index (χ3n) is 6.05. The number of fused-ring (bicyclic) bond motifs is 2. The van der Waals surface area contributed by atoms with E-state index in [0.29, 0.717) is 29.0 Å². The van der Waals surface area contributed by atoms with E-state index >= 15 is 0 Å². The van der Waals surface area contributed by atoms with E-state index in [2.05, 4.69) is 15.6 Å². The minimum atomic E-state index is -1.52. The lowest BCUT2D eigenvalue weighted by Crippen LogP contribution is -2.30. The van der Waals surface area contributed by atoms with Crippen molar-refractivity contribution in [3.8, 4) is 11.5 Å². The van der Waals surface area contributed by atoms with Crippen LogP contribution in [0.2, 0.25) is 0 Å². The molecule has 1 aliphatic carbocycles. The second-order valence-electron chi connectivity index (χ2n) is 8.36. The predicted octanol–water partition coefficient (Wildman–Crippen LogP) is 0.846. The number of amides is 1. The number of carbonyl (C=O) groups excluding carboxylic acids is 1. The predicted molar refractivity (Wildman–Crippen MR) is 127 cm³/mol. The highest BCUT2D eigenvalue weighted by Crippen LogP contribution is 2.29. The Hall–Kier alpha value is -3.83. The molecule has 0 unspecified atom stereocenters. The Morgan fingerprint density at radius 1 is 1.09 bits per heavy atom. The molecule has 1 aromatic carbocycles. The minimum absolute atomic E-state index is 0.232. The molecule has 34 heavy (non-hydrogen) atoms. The first kappa shape index (κ1) is 22.0. The molecule has 10 nitrogen and oxygen atoms in total. The topological polar surface area (TPSA) is 152 Å². The van der Waals surface area contributed by atoms with Gasteiger partial charge in [0, 0.05) is 17.8 Å². The largest absolute Gasteiger partial charge is 0.488 e. The van der Waals surface area contributed by atoms with Gasteiger partial charge in [0.2, 0.25) is 0 Å². The second kappa shape index (κ2) is 9.20. The smallest absolute Gasteiger partial charge is 0.423 e. The van der Waals surface area contributed by atoms with Crippen LogP contribution in [0.3, 0.4) is 0 Å². The zero-order chi connectivity index (χ0) is 23.7. The Balaban J connectivity index is 1.55. The third-order valence-corrected chi connectivity index (χ3v) is 6.05. The first-order valence-electron chi connectivity index (χ1n) is 11.2. The molecule has 1 amide bonds. The number of hydrogen-bond acceptors (Lipinski definition) is 8. The van der Waals surface area contributed by atoms with E-state index in [1.807, 2.05) is 6.07 Å². The Labute approximate surface area is 196 Å². The van der Waals surface area contributed by atoms with Gasteiger partial charge in [0.1, 0.15) is 11.5 Å². The number of benzene rings is 1. The van der Waals surface area contributed by atoms with Crippen LogP contribution in [0.1, 0.15) is 46.6 Å². The Morgan fingerprint density at radius 3 is 2.74 bits per heavy atom. The molecule has 0 aliphatic heterocycles. The summed E-state index contributed by atoms with van der Waals surface area (Å²) in [6.45, 7) is 0.456. The van der Waals surface area contributed by atoms with Crippen LogP contribution in [0.5, 0.6) is 0 Å². The number of nitrogens with one attached hydrogen (secondary N) is 1. The maximum atomic E-state index is 11.8. The van der Waals surface area contributed by atoms with Gasteiger partial charge in [-0.1, -0.05) is 42.0 Å². The van der Waals surface area contributed by atoms with E-state index in [1.165, 1.54) is 4.52 Å². The number of carbonyl (C=O) groups is 1. The van der Waals surface area contributed by atoms with Crippen molar-refractivity contribution in [3.63, 3.8) is 0 Å². The fourth-order valence-electron chi connectivity index (χ4n) is 4.34. The highest BCUT2D eigenvalue weighted by molar-refractivity contribution is 6.58. The van der Waals surface area contributed by atoms with Crippen LogP contribution >= 0.6 is 0 Å². The lowest BCUT2D eigenvalue weighted by atomic mass is 9.79. The van der Waals surface area contributed by atoms with Crippen LogP contribution in [0.25, 0.3) is 17.0 Å². The number of nitrogens with two attached hydrogens (primary N) is 1. The fourth-order valence-corrected chi connectivity index (χ4v) is 4.34. The monoisotopic (exact) mass is 457 g/mol. The molecular weight excluding hydrogens is 433 g/mol. The number of pyridine rings is 1. The molecule has 0 radical (unpaired) electrons. The van der Waals surface area contributed by atoms with Crippen molar-refractivity contribution in [3.05, 3.63) is 65.0 Å². The highest BCUT2D eigenvalue weighted by atomic mass is 16.4. The van der Waals surface area contributed by atoms with Crippen LogP contribution < -0.4 is 16.5 Å². The molecule has 5 N–H and O–H groups in total. The Bertz CT molecular complexity index is 1370. The van der Waals surface area contributed by atoms with Gasteiger partial charge in [0.25, 0.3) is 5.91 Å². The lowest BCUT2D eigenvalue weighted by Gasteiger charge is -2.15. The summed E-state index contributed by atoms with van der Waals surface area (Å²) in [7, 11) is -1.52. The van der Waals surface area contributed by atoms with E-state index in [4.69, 9.17) is 15.7 Å². The average Bonchev–Trinajstić information content (AvgIpc) is 3.13. The summed E-state index contributed by atoms with van der Waals surface area (Å²) < 4.78 is 1.41. The SMILES string of the molecule is NC(=O)c1cccc2c(-c3nc4c(c(NCc5cccc(B(O)O)c5)n3)CCCCC4)nnn12. The summed E-state index contributed by atoms with van der Waals surface area (Å²) in [5.41, 5.74) is 10.2. The third kappa shape index (κ3) is 4.23. The molecule has 1 aliphatic rings. The Kier molecular flexibility index (Phi) is 5.95. The zero-order valence-electron chi connectivity index (χ0n) is 18.5. The number of nitrogens with zero attached hydrogens (tertiary/aromatic N) is 5. The molecule has 0 atom stereocenters. The van der Waals surface area contributed by atoms with Crippen LogP contribution in [0.15, 0.2) is 42.5 Å². The second-order valence-corrected chi connectivity index (χ2v) is 8.36. The standard InChI is InChI=1S/C23H24BN7O3/c25-21(32)19-11-5-10-18-20(29-30-31(18)19)23-27-17-9-3-1-2-8-16(17)22(28-23)26-13-14-6-4-7-15(12-14)24(33)34/h4-7,10-12,33-34H,1-3,8-9,13H2,(H2,25,32)(H,26,27,28). The van der Waals surface area contributed by atoms with Crippen molar-refractivity contribution < 1.29 is 14.8 Å². The molecule has 4 aromatic rings. The van der Waals surface area contributed by atoms with E-state index in [-0.39, 0.29) is 5.69 Å². The van der Waals surface area contributed by atoms with Crippen molar-refractivity contribution >= 4 is 29.8 Å². The molecular formula is C23H24BN7O3. The lowest BCUT2D eigenvalue weighted by molar-refractivity contribution is 0.0993. The normalized spacial score (nSPS) is 13.4. The van der Waals surface area contributed by atoms with Gasteiger partial charge in [-0.15, -0.1) is 5.10 Å². The molecule has 0 saturated heterocycles. The summed E-state index contributed by atoms with van der Waals surface area (Å²) in [5.74, 6) is 0.561. The summed E-state index contributed by atoms with van der Waals surface area (Å²) >= 11 is 0. The van der Waals surface area contributed by atoms with Gasteiger partial charge in [-0.25, -0.2) is 14.5 Å². The molecule has 3 aromatic heterocycles. The number of aryl methyl sites for hydroxylation is 1. The van der Waals surface area contributed by atoms with Crippen molar-refractivity contribution in [1.82, 2.24) is 24.8 Å². The number of aromatic nitrogens is 5. The minimum Gasteiger partial charge on any atom is -0.423 e. The molecule has 0 saturated carbocycles.